The van der Waals surface area contributed by atoms with Crippen LogP contribution >= 0.6 is 11.6 Å². The van der Waals surface area contributed by atoms with Gasteiger partial charge in [-0.15, -0.1) is 0 Å². The van der Waals surface area contributed by atoms with Crippen LogP contribution in [0.25, 0.3) is 11.3 Å². The van der Waals surface area contributed by atoms with E-state index in [1.807, 2.05) is 0 Å². The van der Waals surface area contributed by atoms with Gasteiger partial charge in [0.25, 0.3) is 0 Å². The predicted molar refractivity (Wildman–Crippen MR) is 58.0 cm³/mol. The maximum absolute atomic E-state index is 12.8. The molecule has 0 saturated carbocycles. The van der Waals surface area contributed by atoms with Gasteiger partial charge in [-0.05, 0) is 18.2 Å². The molecule has 2 N–H and O–H groups in total. The Morgan fingerprint density at radius 3 is 2.73 bits per heavy atom. The average molecular weight is 226 g/mol. The van der Waals surface area contributed by atoms with E-state index >= 15 is 0 Å². The van der Waals surface area contributed by atoms with Gasteiger partial charge in [-0.1, -0.05) is 11.6 Å². The van der Waals surface area contributed by atoms with Crippen LogP contribution in [0.3, 0.4) is 0 Å². The van der Waals surface area contributed by atoms with Gasteiger partial charge in [-0.2, -0.15) is 0 Å². The maximum atomic E-state index is 12.8. The van der Waals surface area contributed by atoms with Gasteiger partial charge in [0.2, 0.25) is 0 Å². The summed E-state index contributed by atoms with van der Waals surface area (Å²) in [7, 11) is 1.78. The minimum Gasteiger partial charge on any atom is -0.383 e. The van der Waals surface area contributed by atoms with Crippen molar-refractivity contribution in [2.75, 3.05) is 5.73 Å². The molecule has 1 aromatic heterocycles. The molecule has 0 bridgehead atoms. The van der Waals surface area contributed by atoms with Gasteiger partial charge >= 0.3 is 0 Å². The molecule has 0 fully saturated rings. The number of nitrogens with two attached hydrogens (primary N) is 1. The Bertz CT molecular complexity index is 507. The van der Waals surface area contributed by atoms with Gasteiger partial charge in [0.1, 0.15) is 17.3 Å². The van der Waals surface area contributed by atoms with E-state index in [0.29, 0.717) is 22.1 Å². The summed E-state index contributed by atoms with van der Waals surface area (Å²) in [6, 6.07) is 4.14. The number of nitrogen functional groups attached to an aromatic ring is 1. The van der Waals surface area contributed by atoms with Crippen LogP contribution in [0.2, 0.25) is 5.02 Å². The molecule has 2 aromatic rings. The minimum atomic E-state index is -0.377. The highest BCUT2D eigenvalue weighted by Gasteiger charge is 2.11. The fourth-order valence-corrected chi connectivity index (χ4v) is 1.59. The van der Waals surface area contributed by atoms with Crippen molar-refractivity contribution in [3.63, 3.8) is 0 Å². The average Bonchev–Trinajstić information content (AvgIpc) is 2.49. The van der Waals surface area contributed by atoms with Crippen molar-refractivity contribution in [2.24, 2.45) is 7.05 Å². The third kappa shape index (κ3) is 1.68. The van der Waals surface area contributed by atoms with E-state index in [1.54, 1.807) is 24.0 Å². The van der Waals surface area contributed by atoms with Crippen LogP contribution in [0.4, 0.5) is 10.2 Å². The molecule has 0 aliphatic rings. The lowest BCUT2D eigenvalue weighted by Crippen LogP contribution is -1.96. The highest BCUT2D eigenvalue weighted by Crippen LogP contribution is 2.30. The van der Waals surface area contributed by atoms with E-state index in [-0.39, 0.29) is 5.82 Å². The zero-order valence-electron chi connectivity index (χ0n) is 8.04. The summed E-state index contributed by atoms with van der Waals surface area (Å²) in [6.45, 7) is 0. The molecule has 0 radical (unpaired) electrons. The molecule has 0 spiro atoms. The van der Waals surface area contributed by atoms with Crippen molar-refractivity contribution in [1.82, 2.24) is 9.55 Å². The van der Waals surface area contributed by atoms with E-state index in [2.05, 4.69) is 4.98 Å². The number of rotatable bonds is 1. The number of benzene rings is 1. The third-order valence-electron chi connectivity index (χ3n) is 2.17. The Kier molecular flexibility index (Phi) is 2.36. The molecule has 0 unspecified atom stereocenters. The van der Waals surface area contributed by atoms with E-state index < -0.39 is 0 Å². The Balaban J connectivity index is 2.59. The van der Waals surface area contributed by atoms with E-state index in [0.717, 1.165) is 0 Å². The summed E-state index contributed by atoms with van der Waals surface area (Å²) in [5, 5.41) is 0.306. The van der Waals surface area contributed by atoms with Crippen LogP contribution in [-0.2, 0) is 7.05 Å². The normalized spacial score (nSPS) is 10.6. The SMILES string of the molecule is Cn1cnc(-c2ccc(F)cc2Cl)c1N. The van der Waals surface area contributed by atoms with E-state index in [1.165, 1.54) is 12.1 Å². The van der Waals surface area contributed by atoms with Crippen molar-refractivity contribution >= 4 is 17.4 Å². The van der Waals surface area contributed by atoms with Crippen molar-refractivity contribution in [2.45, 2.75) is 0 Å². The monoisotopic (exact) mass is 225 g/mol. The summed E-state index contributed by atoms with van der Waals surface area (Å²) in [6.07, 6.45) is 1.59. The fraction of sp³-hybridized carbons (Fsp3) is 0.100. The zero-order valence-corrected chi connectivity index (χ0v) is 8.79. The first-order valence-corrected chi connectivity index (χ1v) is 4.69. The molecule has 1 heterocycles. The molecule has 3 nitrogen and oxygen atoms in total. The molecule has 0 aliphatic heterocycles. The molecule has 1 aromatic carbocycles. The Hall–Kier alpha value is -1.55. The highest BCUT2D eigenvalue weighted by molar-refractivity contribution is 6.33. The standard InChI is InChI=1S/C10H9ClFN3/c1-15-5-14-9(10(15)13)7-3-2-6(12)4-8(7)11/h2-5H,13H2,1H3. The molecule has 15 heavy (non-hydrogen) atoms. The zero-order chi connectivity index (χ0) is 11.0. The Morgan fingerprint density at radius 2 is 2.20 bits per heavy atom. The second-order valence-electron chi connectivity index (χ2n) is 3.21. The van der Waals surface area contributed by atoms with E-state index in [4.69, 9.17) is 17.3 Å². The number of aromatic nitrogens is 2. The van der Waals surface area contributed by atoms with Crippen LogP contribution in [0.5, 0.6) is 0 Å². The number of hydrogen-bond acceptors (Lipinski definition) is 2. The number of anilines is 1. The molecule has 0 saturated heterocycles. The maximum Gasteiger partial charge on any atom is 0.131 e. The molecular formula is C10H9ClFN3. The molecular weight excluding hydrogens is 217 g/mol. The summed E-state index contributed by atoms with van der Waals surface area (Å²) < 4.78 is 14.5. The van der Waals surface area contributed by atoms with Gasteiger partial charge < -0.3 is 10.3 Å². The topological polar surface area (TPSA) is 43.8 Å². The second-order valence-corrected chi connectivity index (χ2v) is 3.62. The van der Waals surface area contributed by atoms with Crippen molar-refractivity contribution in [3.8, 4) is 11.3 Å². The quantitative estimate of drug-likeness (QED) is 0.810. The number of aryl methyl sites for hydroxylation is 1. The summed E-state index contributed by atoms with van der Waals surface area (Å²) in [5.74, 6) is 0.127. The molecule has 0 amide bonds. The molecule has 5 heteroatoms. The Labute approximate surface area is 91.3 Å². The molecule has 0 aliphatic carbocycles. The lowest BCUT2D eigenvalue weighted by Gasteiger charge is -2.02. The van der Waals surface area contributed by atoms with Gasteiger partial charge in [-0.3, -0.25) is 0 Å². The van der Waals surface area contributed by atoms with Crippen LogP contribution in [0, 0.1) is 5.82 Å². The number of hydrogen-bond donors (Lipinski definition) is 1. The smallest absolute Gasteiger partial charge is 0.131 e. The van der Waals surface area contributed by atoms with Crippen LogP contribution in [0.15, 0.2) is 24.5 Å². The first kappa shape index (κ1) is 9.98. The van der Waals surface area contributed by atoms with Gasteiger partial charge in [0.05, 0.1) is 11.3 Å². The molecule has 2 rings (SSSR count). The molecule has 0 atom stereocenters. The van der Waals surface area contributed by atoms with Crippen LogP contribution < -0.4 is 5.73 Å². The summed E-state index contributed by atoms with van der Waals surface area (Å²) >= 11 is 5.90. The van der Waals surface area contributed by atoms with Crippen LogP contribution in [-0.4, -0.2) is 9.55 Å². The van der Waals surface area contributed by atoms with Crippen LogP contribution in [0.1, 0.15) is 0 Å². The van der Waals surface area contributed by atoms with Gasteiger partial charge in [0.15, 0.2) is 0 Å². The van der Waals surface area contributed by atoms with E-state index in [9.17, 15) is 4.39 Å². The number of nitrogens with zero attached hydrogens (tertiary/aromatic N) is 2. The lowest BCUT2D eigenvalue weighted by atomic mass is 10.1. The second kappa shape index (κ2) is 3.55. The Morgan fingerprint density at radius 1 is 1.47 bits per heavy atom. The van der Waals surface area contributed by atoms with Gasteiger partial charge in [-0.25, -0.2) is 9.37 Å². The molecule has 78 valence electrons. The van der Waals surface area contributed by atoms with Crippen molar-refractivity contribution in [1.29, 1.82) is 0 Å². The lowest BCUT2D eigenvalue weighted by molar-refractivity contribution is 0.628. The third-order valence-corrected chi connectivity index (χ3v) is 2.48. The number of imidazole rings is 1. The van der Waals surface area contributed by atoms with Crippen molar-refractivity contribution < 1.29 is 4.39 Å². The first-order valence-electron chi connectivity index (χ1n) is 4.32. The van der Waals surface area contributed by atoms with Gasteiger partial charge in [0, 0.05) is 12.6 Å². The predicted octanol–water partition coefficient (Wildman–Crippen LogP) is 2.46. The highest BCUT2D eigenvalue weighted by atomic mass is 35.5. The summed E-state index contributed by atoms with van der Waals surface area (Å²) in [4.78, 5) is 4.11. The fourth-order valence-electron chi connectivity index (χ4n) is 1.33. The van der Waals surface area contributed by atoms with Crippen molar-refractivity contribution in [3.05, 3.63) is 35.4 Å². The summed E-state index contributed by atoms with van der Waals surface area (Å²) in [5.41, 5.74) is 7.00. The minimum absolute atomic E-state index is 0.306. The number of halogens is 2. The first-order chi connectivity index (χ1) is 7.09. The largest absolute Gasteiger partial charge is 0.383 e.